The Morgan fingerprint density at radius 2 is 1.87 bits per heavy atom. The Bertz CT molecular complexity index is 1370. The molecule has 0 amide bonds. The Morgan fingerprint density at radius 3 is 2.60 bits per heavy atom. The lowest BCUT2D eigenvalue weighted by Gasteiger charge is -2.10. The van der Waals surface area contributed by atoms with Gasteiger partial charge in [0, 0.05) is 29.1 Å². The summed E-state index contributed by atoms with van der Waals surface area (Å²) in [7, 11) is 0. The van der Waals surface area contributed by atoms with E-state index in [0.29, 0.717) is 11.3 Å². The molecule has 4 rings (SSSR count). The fourth-order valence-corrected chi connectivity index (χ4v) is 3.25. The summed E-state index contributed by atoms with van der Waals surface area (Å²) >= 11 is 0. The SMILES string of the molecule is N#Cc1cc(F)ccc1-c1cc(-c2cnc3c(=O)n(CC(F)F)ccn23)ccc1F. The Hall–Kier alpha value is -3.93. The van der Waals surface area contributed by atoms with Crippen LogP contribution in [0.1, 0.15) is 5.56 Å². The Kier molecular flexibility index (Phi) is 4.83. The second-order valence-electron chi connectivity index (χ2n) is 6.48. The molecule has 0 fully saturated rings. The molecule has 0 aliphatic rings. The molecule has 9 heteroatoms. The highest BCUT2D eigenvalue weighted by atomic mass is 19.3. The molecule has 2 heterocycles. The molecular weight excluding hydrogens is 400 g/mol. The standard InChI is InChI=1S/C21H12F4N4O/c22-14-2-3-15(13(7-14)9-26)16-8-12(1-4-17(16)23)18-10-27-20-21(30)28(11-19(24)25)5-6-29(18)20/h1-8,10,19H,11H2. The van der Waals surface area contributed by atoms with Gasteiger partial charge >= 0.3 is 0 Å². The maximum atomic E-state index is 14.5. The van der Waals surface area contributed by atoms with Crippen molar-refractivity contribution in [3.63, 3.8) is 0 Å². The number of aromatic nitrogens is 3. The normalized spacial score (nSPS) is 11.2. The molecular formula is C21H12F4N4O. The number of imidazole rings is 1. The monoisotopic (exact) mass is 412 g/mol. The zero-order valence-corrected chi connectivity index (χ0v) is 15.2. The number of alkyl halides is 2. The average molecular weight is 412 g/mol. The van der Waals surface area contributed by atoms with E-state index in [1.165, 1.54) is 47.3 Å². The first-order valence-electron chi connectivity index (χ1n) is 8.73. The molecule has 0 unspecified atom stereocenters. The zero-order chi connectivity index (χ0) is 21.4. The van der Waals surface area contributed by atoms with Crippen LogP contribution in [0.4, 0.5) is 17.6 Å². The highest BCUT2D eigenvalue weighted by Crippen LogP contribution is 2.31. The van der Waals surface area contributed by atoms with Crippen molar-refractivity contribution >= 4 is 5.65 Å². The summed E-state index contributed by atoms with van der Waals surface area (Å²) in [5.74, 6) is -1.23. The molecule has 0 radical (unpaired) electrons. The molecule has 0 saturated heterocycles. The molecule has 150 valence electrons. The molecule has 0 bridgehead atoms. The van der Waals surface area contributed by atoms with Gasteiger partial charge in [-0.1, -0.05) is 6.07 Å². The van der Waals surface area contributed by atoms with E-state index in [2.05, 4.69) is 4.98 Å². The van der Waals surface area contributed by atoms with Crippen molar-refractivity contribution in [1.29, 1.82) is 5.26 Å². The third-order valence-electron chi connectivity index (χ3n) is 4.63. The van der Waals surface area contributed by atoms with Gasteiger partial charge in [0.25, 0.3) is 12.0 Å². The quantitative estimate of drug-likeness (QED) is 0.471. The molecule has 0 aliphatic heterocycles. The fourth-order valence-electron chi connectivity index (χ4n) is 3.25. The number of hydrogen-bond acceptors (Lipinski definition) is 3. The largest absolute Gasteiger partial charge is 0.305 e. The van der Waals surface area contributed by atoms with Crippen molar-refractivity contribution in [2.75, 3.05) is 0 Å². The Morgan fingerprint density at radius 1 is 1.07 bits per heavy atom. The van der Waals surface area contributed by atoms with Crippen LogP contribution in [0, 0.1) is 23.0 Å². The minimum atomic E-state index is -2.69. The van der Waals surface area contributed by atoms with Gasteiger partial charge in [-0.15, -0.1) is 0 Å². The van der Waals surface area contributed by atoms with Crippen molar-refractivity contribution < 1.29 is 17.6 Å². The van der Waals surface area contributed by atoms with E-state index in [9.17, 15) is 27.6 Å². The first-order chi connectivity index (χ1) is 14.4. The lowest BCUT2D eigenvalue weighted by molar-refractivity contribution is 0.125. The van der Waals surface area contributed by atoms with Crippen LogP contribution in [-0.4, -0.2) is 20.4 Å². The van der Waals surface area contributed by atoms with Crippen LogP contribution in [-0.2, 0) is 6.54 Å². The molecule has 5 nitrogen and oxygen atoms in total. The first-order valence-corrected chi connectivity index (χ1v) is 8.73. The summed E-state index contributed by atoms with van der Waals surface area (Å²) in [4.78, 5) is 16.4. The van der Waals surface area contributed by atoms with Crippen LogP contribution in [0.15, 0.2) is 59.8 Å². The molecule has 2 aromatic heterocycles. The lowest BCUT2D eigenvalue weighted by atomic mass is 9.97. The van der Waals surface area contributed by atoms with Crippen LogP contribution in [0.25, 0.3) is 28.0 Å². The first kappa shape index (κ1) is 19.4. The minimum absolute atomic E-state index is 0.0286. The van der Waals surface area contributed by atoms with E-state index >= 15 is 0 Å². The van der Waals surface area contributed by atoms with Gasteiger partial charge in [-0.3, -0.25) is 9.20 Å². The summed E-state index contributed by atoms with van der Waals surface area (Å²) in [6.07, 6.45) is 1.33. The molecule has 0 atom stereocenters. The van der Waals surface area contributed by atoms with Gasteiger partial charge in [-0.05, 0) is 30.3 Å². The van der Waals surface area contributed by atoms with Gasteiger partial charge in [0.1, 0.15) is 11.6 Å². The van der Waals surface area contributed by atoms with Gasteiger partial charge in [-0.2, -0.15) is 5.26 Å². The van der Waals surface area contributed by atoms with Gasteiger partial charge in [0.05, 0.1) is 30.1 Å². The maximum absolute atomic E-state index is 14.5. The van der Waals surface area contributed by atoms with E-state index < -0.39 is 30.2 Å². The highest BCUT2D eigenvalue weighted by Gasteiger charge is 2.16. The van der Waals surface area contributed by atoms with E-state index in [4.69, 9.17) is 0 Å². The summed E-state index contributed by atoms with van der Waals surface area (Å²) < 4.78 is 55.5. The van der Waals surface area contributed by atoms with Gasteiger partial charge < -0.3 is 4.57 Å². The predicted molar refractivity (Wildman–Crippen MR) is 101 cm³/mol. The van der Waals surface area contributed by atoms with E-state index in [-0.39, 0.29) is 22.3 Å². The summed E-state index contributed by atoms with van der Waals surface area (Å²) in [6.45, 7) is -0.750. The van der Waals surface area contributed by atoms with E-state index in [1.807, 2.05) is 6.07 Å². The van der Waals surface area contributed by atoms with Gasteiger partial charge in [0.2, 0.25) is 5.65 Å². The molecule has 0 aliphatic carbocycles. The number of halogens is 4. The lowest BCUT2D eigenvalue weighted by Crippen LogP contribution is -2.24. The number of benzene rings is 2. The topological polar surface area (TPSA) is 63.1 Å². The number of nitriles is 1. The fraction of sp³-hybridized carbons (Fsp3) is 0.0952. The summed E-state index contributed by atoms with van der Waals surface area (Å²) in [5.41, 5.74) is 0.414. The van der Waals surface area contributed by atoms with Crippen molar-refractivity contribution in [3.05, 3.63) is 82.5 Å². The predicted octanol–water partition coefficient (Wildman–Crippen LogP) is 4.24. The van der Waals surface area contributed by atoms with Gasteiger partial charge in [0.15, 0.2) is 0 Å². The zero-order valence-electron chi connectivity index (χ0n) is 15.2. The second kappa shape index (κ2) is 7.48. The number of hydrogen-bond donors (Lipinski definition) is 0. The van der Waals surface area contributed by atoms with Gasteiger partial charge in [-0.25, -0.2) is 22.5 Å². The Labute approximate surface area is 167 Å². The smallest absolute Gasteiger partial charge is 0.294 e. The molecule has 0 spiro atoms. The van der Waals surface area contributed by atoms with Crippen LogP contribution in [0.3, 0.4) is 0 Å². The third kappa shape index (κ3) is 3.33. The molecule has 4 aromatic rings. The number of rotatable bonds is 4. The van der Waals surface area contributed by atoms with Crippen molar-refractivity contribution in [2.24, 2.45) is 0 Å². The van der Waals surface area contributed by atoms with E-state index in [0.717, 1.165) is 16.7 Å². The molecule has 2 aromatic carbocycles. The van der Waals surface area contributed by atoms with Crippen LogP contribution in [0.2, 0.25) is 0 Å². The maximum Gasteiger partial charge on any atom is 0.294 e. The minimum Gasteiger partial charge on any atom is -0.305 e. The number of fused-ring (bicyclic) bond motifs is 1. The Balaban J connectivity index is 1.86. The average Bonchev–Trinajstić information content (AvgIpc) is 3.15. The van der Waals surface area contributed by atoms with Crippen LogP contribution < -0.4 is 5.56 Å². The van der Waals surface area contributed by atoms with Crippen LogP contribution >= 0.6 is 0 Å². The van der Waals surface area contributed by atoms with Crippen molar-refractivity contribution in [2.45, 2.75) is 13.0 Å². The highest BCUT2D eigenvalue weighted by molar-refractivity contribution is 5.76. The number of nitrogens with zero attached hydrogens (tertiary/aromatic N) is 4. The van der Waals surface area contributed by atoms with Crippen LogP contribution in [0.5, 0.6) is 0 Å². The molecule has 30 heavy (non-hydrogen) atoms. The third-order valence-corrected chi connectivity index (χ3v) is 4.63. The summed E-state index contributed by atoms with van der Waals surface area (Å²) in [5, 5.41) is 9.26. The summed E-state index contributed by atoms with van der Waals surface area (Å²) in [6, 6.07) is 9.40. The molecule has 0 saturated carbocycles. The second-order valence-corrected chi connectivity index (χ2v) is 6.48. The van der Waals surface area contributed by atoms with Crippen molar-refractivity contribution in [3.8, 4) is 28.5 Å². The van der Waals surface area contributed by atoms with E-state index in [1.54, 1.807) is 0 Å². The molecule has 0 N–H and O–H groups in total. The van der Waals surface area contributed by atoms with Crippen molar-refractivity contribution in [1.82, 2.24) is 14.0 Å².